The highest BCUT2D eigenvalue weighted by Crippen LogP contribution is 2.25. The van der Waals surface area contributed by atoms with Gasteiger partial charge in [-0.1, -0.05) is 6.07 Å². The van der Waals surface area contributed by atoms with Gasteiger partial charge in [-0.15, -0.1) is 0 Å². The number of nitrogens with two attached hydrogens (primary N) is 1. The molecule has 0 aromatic heterocycles. The molecule has 1 rings (SSSR count). The lowest BCUT2D eigenvalue weighted by Gasteiger charge is -2.15. The van der Waals surface area contributed by atoms with Gasteiger partial charge in [-0.3, -0.25) is 14.9 Å². The van der Waals surface area contributed by atoms with Gasteiger partial charge in [0.1, 0.15) is 11.3 Å². The molecule has 1 unspecified atom stereocenters. The number of ether oxygens (including phenoxy) is 2. The van der Waals surface area contributed by atoms with E-state index in [0.717, 1.165) is 0 Å². The van der Waals surface area contributed by atoms with Crippen LogP contribution in [0.15, 0.2) is 18.2 Å². The summed E-state index contributed by atoms with van der Waals surface area (Å²) in [5.41, 5.74) is 4.99. The molecule has 1 aromatic rings. The first-order valence-electron chi connectivity index (χ1n) is 5.84. The van der Waals surface area contributed by atoms with Crippen molar-refractivity contribution in [2.24, 2.45) is 0 Å². The van der Waals surface area contributed by atoms with E-state index in [-0.39, 0.29) is 23.9 Å². The Kier molecular flexibility index (Phi) is 5.88. The monoisotopic (exact) mass is 283 g/mol. The predicted molar refractivity (Wildman–Crippen MR) is 72.5 cm³/mol. The number of methoxy groups -OCH3 is 2. The van der Waals surface area contributed by atoms with E-state index in [1.54, 1.807) is 0 Å². The number of amides is 1. The fraction of sp³-hybridized carbons (Fsp3) is 0.417. The average molecular weight is 283 g/mol. The third-order valence-corrected chi connectivity index (χ3v) is 2.67. The molecule has 0 aliphatic heterocycles. The average Bonchev–Trinajstić information content (AvgIpc) is 2.42. The van der Waals surface area contributed by atoms with Crippen molar-refractivity contribution in [2.75, 3.05) is 33.1 Å². The summed E-state index contributed by atoms with van der Waals surface area (Å²) >= 11 is 0. The van der Waals surface area contributed by atoms with Gasteiger partial charge in [0.25, 0.3) is 5.91 Å². The van der Waals surface area contributed by atoms with Crippen LogP contribution in [0.4, 0.5) is 11.4 Å². The number of para-hydroxylation sites is 1. The van der Waals surface area contributed by atoms with E-state index in [4.69, 9.17) is 15.2 Å². The number of rotatable bonds is 7. The molecule has 0 aliphatic carbocycles. The van der Waals surface area contributed by atoms with Gasteiger partial charge in [-0.25, -0.2) is 0 Å². The molecule has 0 aliphatic rings. The van der Waals surface area contributed by atoms with Crippen LogP contribution in [0.2, 0.25) is 0 Å². The minimum Gasteiger partial charge on any atom is -0.393 e. The number of nitrogens with zero attached hydrogens (tertiary/aromatic N) is 1. The second kappa shape index (κ2) is 7.41. The van der Waals surface area contributed by atoms with Crippen LogP contribution < -0.4 is 11.1 Å². The Hall–Kier alpha value is -2.19. The van der Waals surface area contributed by atoms with E-state index in [0.29, 0.717) is 6.61 Å². The van der Waals surface area contributed by atoms with Crippen LogP contribution in [0.1, 0.15) is 10.4 Å². The lowest BCUT2D eigenvalue weighted by molar-refractivity contribution is -0.384. The van der Waals surface area contributed by atoms with Crippen LogP contribution in [-0.4, -0.2) is 44.3 Å². The fourth-order valence-corrected chi connectivity index (χ4v) is 1.65. The van der Waals surface area contributed by atoms with Crippen molar-refractivity contribution in [3.8, 4) is 0 Å². The first kappa shape index (κ1) is 15.9. The van der Waals surface area contributed by atoms with Crippen molar-refractivity contribution >= 4 is 17.3 Å². The number of anilines is 1. The van der Waals surface area contributed by atoms with E-state index >= 15 is 0 Å². The normalized spacial score (nSPS) is 11.9. The number of nitro benzene ring substituents is 1. The highest BCUT2D eigenvalue weighted by atomic mass is 16.6. The quantitative estimate of drug-likeness (QED) is 0.429. The number of benzene rings is 1. The molecule has 0 saturated heterocycles. The summed E-state index contributed by atoms with van der Waals surface area (Å²) in [4.78, 5) is 22.3. The summed E-state index contributed by atoms with van der Waals surface area (Å²) in [6.07, 6.45) is -0.330. The zero-order valence-corrected chi connectivity index (χ0v) is 11.3. The third kappa shape index (κ3) is 3.90. The highest BCUT2D eigenvalue weighted by molar-refractivity contribution is 6.00. The number of nitrogen functional groups attached to an aromatic ring is 1. The van der Waals surface area contributed by atoms with Crippen LogP contribution in [0.5, 0.6) is 0 Å². The minimum absolute atomic E-state index is 0.0529. The lowest BCUT2D eigenvalue weighted by Crippen LogP contribution is -2.35. The SMILES string of the molecule is COCC(CNC(=O)c1cccc(N)c1[N+](=O)[O-])OC. The number of hydrogen-bond donors (Lipinski definition) is 2. The predicted octanol–water partition coefficient (Wildman–Crippen LogP) is 0.568. The van der Waals surface area contributed by atoms with Crippen LogP contribution in [0.3, 0.4) is 0 Å². The number of carbonyl (C=O) groups is 1. The zero-order chi connectivity index (χ0) is 15.1. The van der Waals surface area contributed by atoms with Crippen LogP contribution in [-0.2, 0) is 9.47 Å². The summed E-state index contributed by atoms with van der Waals surface area (Å²) in [6.45, 7) is 0.477. The maximum Gasteiger partial charge on any atom is 0.304 e. The van der Waals surface area contributed by atoms with Crippen molar-refractivity contribution in [2.45, 2.75) is 6.10 Å². The smallest absolute Gasteiger partial charge is 0.304 e. The first-order valence-corrected chi connectivity index (χ1v) is 5.84. The third-order valence-electron chi connectivity index (χ3n) is 2.67. The molecule has 1 aromatic carbocycles. The Morgan fingerprint density at radius 1 is 1.50 bits per heavy atom. The van der Waals surface area contributed by atoms with Crippen LogP contribution >= 0.6 is 0 Å². The van der Waals surface area contributed by atoms with Gasteiger partial charge in [0, 0.05) is 20.8 Å². The molecule has 0 radical (unpaired) electrons. The van der Waals surface area contributed by atoms with Crippen molar-refractivity contribution in [1.82, 2.24) is 5.32 Å². The van der Waals surface area contributed by atoms with Gasteiger partial charge in [-0.05, 0) is 12.1 Å². The fourth-order valence-electron chi connectivity index (χ4n) is 1.65. The summed E-state index contributed by atoms with van der Waals surface area (Å²) < 4.78 is 9.99. The number of carbonyl (C=O) groups excluding carboxylic acids is 1. The molecule has 0 bridgehead atoms. The van der Waals surface area contributed by atoms with E-state index in [2.05, 4.69) is 5.32 Å². The van der Waals surface area contributed by atoms with Crippen molar-refractivity contribution in [3.05, 3.63) is 33.9 Å². The second-order valence-electron chi connectivity index (χ2n) is 4.02. The highest BCUT2D eigenvalue weighted by Gasteiger charge is 2.23. The first-order chi connectivity index (χ1) is 9.51. The molecule has 0 spiro atoms. The van der Waals surface area contributed by atoms with Crippen molar-refractivity contribution in [1.29, 1.82) is 0 Å². The summed E-state index contributed by atoms with van der Waals surface area (Å²) in [6, 6.07) is 4.21. The Labute approximate surface area is 116 Å². The molecule has 1 atom stereocenters. The van der Waals surface area contributed by atoms with E-state index in [9.17, 15) is 14.9 Å². The molecular weight excluding hydrogens is 266 g/mol. The van der Waals surface area contributed by atoms with E-state index < -0.39 is 16.5 Å². The maximum atomic E-state index is 12.0. The molecule has 0 heterocycles. The summed E-state index contributed by atoms with van der Waals surface area (Å²) in [7, 11) is 3.00. The minimum atomic E-state index is -0.673. The molecule has 0 fully saturated rings. The molecule has 110 valence electrons. The number of nitro groups is 1. The number of hydrogen-bond acceptors (Lipinski definition) is 6. The standard InChI is InChI=1S/C12H17N3O5/c1-19-7-8(20-2)6-14-12(16)9-4-3-5-10(13)11(9)15(17)18/h3-5,8H,6-7,13H2,1-2H3,(H,14,16). The molecule has 3 N–H and O–H groups in total. The van der Waals surface area contributed by atoms with Crippen LogP contribution in [0, 0.1) is 10.1 Å². The van der Waals surface area contributed by atoms with Gasteiger partial charge in [0.2, 0.25) is 0 Å². The maximum absolute atomic E-state index is 12.0. The Balaban J connectivity index is 2.83. The Morgan fingerprint density at radius 3 is 2.75 bits per heavy atom. The van der Waals surface area contributed by atoms with E-state index in [1.807, 2.05) is 0 Å². The van der Waals surface area contributed by atoms with Gasteiger partial charge in [-0.2, -0.15) is 0 Å². The van der Waals surface area contributed by atoms with Gasteiger partial charge < -0.3 is 20.5 Å². The summed E-state index contributed by atoms with van der Waals surface area (Å²) in [5.74, 6) is -0.581. The molecule has 8 nitrogen and oxygen atoms in total. The second-order valence-corrected chi connectivity index (χ2v) is 4.02. The topological polar surface area (TPSA) is 117 Å². The molecule has 20 heavy (non-hydrogen) atoms. The van der Waals surface area contributed by atoms with Crippen molar-refractivity contribution < 1.29 is 19.2 Å². The molecule has 0 saturated carbocycles. The van der Waals surface area contributed by atoms with Gasteiger partial charge in [0.15, 0.2) is 0 Å². The van der Waals surface area contributed by atoms with Gasteiger partial charge in [0.05, 0.1) is 17.6 Å². The number of nitrogens with one attached hydrogen (secondary N) is 1. The molecular formula is C12H17N3O5. The zero-order valence-electron chi connectivity index (χ0n) is 11.3. The Morgan fingerprint density at radius 2 is 2.20 bits per heavy atom. The van der Waals surface area contributed by atoms with Crippen molar-refractivity contribution in [3.63, 3.8) is 0 Å². The Bertz CT molecular complexity index is 492. The van der Waals surface area contributed by atoms with E-state index in [1.165, 1.54) is 32.4 Å². The summed E-state index contributed by atoms with van der Waals surface area (Å²) in [5, 5.41) is 13.5. The molecule has 1 amide bonds. The van der Waals surface area contributed by atoms with Gasteiger partial charge >= 0.3 is 5.69 Å². The lowest BCUT2D eigenvalue weighted by atomic mass is 10.1. The molecule has 8 heteroatoms. The van der Waals surface area contributed by atoms with Crippen LogP contribution in [0.25, 0.3) is 0 Å². The largest absolute Gasteiger partial charge is 0.393 e.